The molecule has 20 heavy (non-hydrogen) atoms. The second-order valence-corrected chi connectivity index (χ2v) is 4.67. The molecule has 2 aromatic rings. The van der Waals surface area contributed by atoms with Crippen LogP contribution < -0.4 is 10.6 Å². The summed E-state index contributed by atoms with van der Waals surface area (Å²) in [6.45, 7) is 1.55. The molecule has 0 saturated carbocycles. The molecule has 1 unspecified atom stereocenters. The Kier molecular flexibility index (Phi) is 3.24. The van der Waals surface area contributed by atoms with Gasteiger partial charge in [0.15, 0.2) is 0 Å². The maximum absolute atomic E-state index is 11.4. The van der Waals surface area contributed by atoms with Crippen LogP contribution in [-0.4, -0.2) is 38.9 Å². The molecule has 1 saturated heterocycles. The Bertz CT molecular complexity index is 617. The third-order valence-electron chi connectivity index (χ3n) is 3.42. The Labute approximate surface area is 115 Å². The van der Waals surface area contributed by atoms with Crippen LogP contribution in [-0.2, 0) is 0 Å². The van der Waals surface area contributed by atoms with E-state index in [1.165, 1.54) is 12.5 Å². The quantitative estimate of drug-likeness (QED) is 0.864. The lowest BCUT2D eigenvalue weighted by Gasteiger charge is -2.16. The fourth-order valence-corrected chi connectivity index (χ4v) is 2.47. The van der Waals surface area contributed by atoms with Gasteiger partial charge in [0.05, 0.1) is 11.3 Å². The fraction of sp³-hybridized carbons (Fsp3) is 0.308. The number of anilines is 1. The number of rotatable bonds is 3. The van der Waals surface area contributed by atoms with Crippen molar-refractivity contribution in [2.45, 2.75) is 12.3 Å². The molecule has 1 aliphatic rings. The van der Waals surface area contributed by atoms with Crippen LogP contribution in [0, 0.1) is 0 Å². The summed E-state index contributed by atoms with van der Waals surface area (Å²) in [6.07, 6.45) is 7.25. The number of hydrogen-bond donors (Lipinski definition) is 1. The van der Waals surface area contributed by atoms with E-state index in [0.717, 1.165) is 19.5 Å². The number of aromatic nitrogens is 4. The molecule has 3 heterocycles. The number of carbonyl (C=O) groups excluding carboxylic acids is 1. The predicted octanol–water partition coefficient (Wildman–Crippen LogP) is 0.359. The van der Waals surface area contributed by atoms with E-state index in [2.05, 4.69) is 24.8 Å². The molecule has 0 aromatic carbocycles. The summed E-state index contributed by atoms with van der Waals surface area (Å²) in [7, 11) is 0. The lowest BCUT2D eigenvalue weighted by Crippen LogP contribution is -2.23. The van der Waals surface area contributed by atoms with Gasteiger partial charge >= 0.3 is 0 Å². The van der Waals surface area contributed by atoms with Gasteiger partial charge in [-0.2, -0.15) is 0 Å². The summed E-state index contributed by atoms with van der Waals surface area (Å²) < 4.78 is 0. The molecule has 7 heteroatoms. The normalized spacial score (nSPS) is 18.2. The van der Waals surface area contributed by atoms with Gasteiger partial charge in [-0.1, -0.05) is 0 Å². The lowest BCUT2D eigenvalue weighted by atomic mass is 10.00. The third kappa shape index (κ3) is 2.29. The number of carbonyl (C=O) groups is 1. The number of hydrogen-bond acceptors (Lipinski definition) is 6. The van der Waals surface area contributed by atoms with Crippen LogP contribution in [0.15, 0.2) is 31.0 Å². The van der Waals surface area contributed by atoms with E-state index in [9.17, 15) is 4.79 Å². The Morgan fingerprint density at radius 2 is 2.10 bits per heavy atom. The van der Waals surface area contributed by atoms with Crippen LogP contribution in [0.2, 0.25) is 0 Å². The van der Waals surface area contributed by atoms with E-state index in [1.807, 2.05) is 0 Å². The van der Waals surface area contributed by atoms with Crippen LogP contribution in [0.4, 0.5) is 5.95 Å². The zero-order valence-electron chi connectivity index (χ0n) is 10.8. The smallest absolute Gasteiger partial charge is 0.252 e. The van der Waals surface area contributed by atoms with E-state index >= 15 is 0 Å². The van der Waals surface area contributed by atoms with Gasteiger partial charge in [-0.3, -0.25) is 4.79 Å². The molecule has 1 amide bonds. The molecule has 0 aliphatic carbocycles. The molecule has 7 nitrogen and oxygen atoms in total. The average molecular weight is 270 g/mol. The van der Waals surface area contributed by atoms with Crippen molar-refractivity contribution in [2.75, 3.05) is 18.0 Å². The van der Waals surface area contributed by atoms with Crippen LogP contribution in [0.1, 0.15) is 28.4 Å². The average Bonchev–Trinajstić information content (AvgIpc) is 2.98. The SMILES string of the molecule is NC(=O)c1cncnc1C1CCN(c2ncccn2)C1. The molecule has 102 valence electrons. The van der Waals surface area contributed by atoms with Gasteiger partial charge in [-0.15, -0.1) is 0 Å². The monoisotopic (exact) mass is 270 g/mol. The highest BCUT2D eigenvalue weighted by Gasteiger charge is 2.29. The molecule has 1 fully saturated rings. The third-order valence-corrected chi connectivity index (χ3v) is 3.42. The van der Waals surface area contributed by atoms with Crippen LogP contribution >= 0.6 is 0 Å². The Hall–Kier alpha value is -2.57. The van der Waals surface area contributed by atoms with Gasteiger partial charge < -0.3 is 10.6 Å². The Morgan fingerprint density at radius 1 is 1.30 bits per heavy atom. The van der Waals surface area contributed by atoms with Gasteiger partial charge in [0.2, 0.25) is 5.95 Å². The minimum atomic E-state index is -0.491. The van der Waals surface area contributed by atoms with Crippen molar-refractivity contribution < 1.29 is 4.79 Å². The summed E-state index contributed by atoms with van der Waals surface area (Å²) >= 11 is 0. The minimum Gasteiger partial charge on any atom is -0.365 e. The summed E-state index contributed by atoms with van der Waals surface area (Å²) in [5.41, 5.74) is 6.48. The number of nitrogens with two attached hydrogens (primary N) is 1. The lowest BCUT2D eigenvalue weighted by molar-refractivity contribution is 0.0998. The van der Waals surface area contributed by atoms with Gasteiger partial charge in [-0.05, 0) is 12.5 Å². The van der Waals surface area contributed by atoms with E-state index in [4.69, 9.17) is 5.73 Å². The second-order valence-electron chi connectivity index (χ2n) is 4.67. The molecule has 1 aliphatic heterocycles. The summed E-state index contributed by atoms with van der Waals surface area (Å²) in [5.74, 6) is 0.351. The van der Waals surface area contributed by atoms with Crippen LogP contribution in [0.5, 0.6) is 0 Å². The number of nitrogens with zero attached hydrogens (tertiary/aromatic N) is 5. The van der Waals surface area contributed by atoms with Crippen molar-refractivity contribution in [2.24, 2.45) is 5.73 Å². The van der Waals surface area contributed by atoms with Crippen molar-refractivity contribution in [1.29, 1.82) is 0 Å². The second kappa shape index (κ2) is 5.20. The molecule has 1 atom stereocenters. The summed E-state index contributed by atoms with van der Waals surface area (Å²) in [6, 6.07) is 1.78. The maximum atomic E-state index is 11.4. The van der Waals surface area contributed by atoms with Gasteiger partial charge in [0.1, 0.15) is 6.33 Å². The summed E-state index contributed by atoms with van der Waals surface area (Å²) in [5, 5.41) is 0. The first-order valence-corrected chi connectivity index (χ1v) is 6.37. The van der Waals surface area contributed by atoms with Crippen molar-refractivity contribution >= 4 is 11.9 Å². The van der Waals surface area contributed by atoms with Crippen molar-refractivity contribution in [1.82, 2.24) is 19.9 Å². The topological polar surface area (TPSA) is 97.9 Å². The molecular weight excluding hydrogens is 256 g/mol. The molecule has 0 radical (unpaired) electrons. The maximum Gasteiger partial charge on any atom is 0.252 e. The van der Waals surface area contributed by atoms with E-state index in [1.54, 1.807) is 18.5 Å². The van der Waals surface area contributed by atoms with E-state index < -0.39 is 5.91 Å². The Balaban J connectivity index is 1.83. The highest BCUT2D eigenvalue weighted by atomic mass is 16.1. The van der Waals surface area contributed by atoms with Gasteiger partial charge in [0.25, 0.3) is 5.91 Å². The molecule has 2 aromatic heterocycles. The van der Waals surface area contributed by atoms with Crippen LogP contribution in [0.3, 0.4) is 0 Å². The fourth-order valence-electron chi connectivity index (χ4n) is 2.47. The van der Waals surface area contributed by atoms with E-state index in [-0.39, 0.29) is 5.92 Å². The van der Waals surface area contributed by atoms with Crippen molar-refractivity contribution in [3.8, 4) is 0 Å². The molecular formula is C13H14N6O. The first kappa shape index (κ1) is 12.5. The zero-order chi connectivity index (χ0) is 13.9. The molecule has 0 bridgehead atoms. The molecule has 3 rings (SSSR count). The largest absolute Gasteiger partial charge is 0.365 e. The van der Waals surface area contributed by atoms with Gasteiger partial charge in [0, 0.05) is 37.6 Å². The molecule has 0 spiro atoms. The zero-order valence-corrected chi connectivity index (χ0v) is 10.8. The van der Waals surface area contributed by atoms with Gasteiger partial charge in [-0.25, -0.2) is 19.9 Å². The predicted molar refractivity (Wildman–Crippen MR) is 72.2 cm³/mol. The van der Waals surface area contributed by atoms with Crippen molar-refractivity contribution in [3.05, 3.63) is 42.2 Å². The number of amides is 1. The Morgan fingerprint density at radius 3 is 2.85 bits per heavy atom. The first-order chi connectivity index (χ1) is 9.75. The van der Waals surface area contributed by atoms with Crippen LogP contribution in [0.25, 0.3) is 0 Å². The number of primary amides is 1. The molecule has 2 N–H and O–H groups in total. The van der Waals surface area contributed by atoms with E-state index in [0.29, 0.717) is 17.2 Å². The van der Waals surface area contributed by atoms with Crippen molar-refractivity contribution in [3.63, 3.8) is 0 Å². The standard InChI is InChI=1S/C13H14N6O/c14-12(20)10-6-15-8-18-11(10)9-2-5-19(7-9)13-16-3-1-4-17-13/h1,3-4,6,8-9H,2,5,7H2,(H2,14,20). The highest BCUT2D eigenvalue weighted by Crippen LogP contribution is 2.29. The first-order valence-electron chi connectivity index (χ1n) is 6.37. The highest BCUT2D eigenvalue weighted by molar-refractivity contribution is 5.93. The summed E-state index contributed by atoms with van der Waals surface area (Å²) in [4.78, 5) is 30.1. The minimum absolute atomic E-state index is 0.143.